The van der Waals surface area contributed by atoms with Crippen LogP contribution < -0.4 is 19.7 Å². The first-order valence-corrected chi connectivity index (χ1v) is 8.76. The lowest BCUT2D eigenvalue weighted by atomic mass is 10.1. The Hall–Kier alpha value is -3.07. The second-order valence-corrected chi connectivity index (χ2v) is 6.34. The van der Waals surface area contributed by atoms with Gasteiger partial charge in [-0.25, -0.2) is 4.79 Å². The summed E-state index contributed by atoms with van der Waals surface area (Å²) in [5, 5.41) is 10.7. The number of hydrogen-bond donors (Lipinski definition) is 1. The van der Waals surface area contributed by atoms with Crippen molar-refractivity contribution in [1.82, 2.24) is 15.1 Å². The predicted octanol–water partition coefficient (Wildman–Crippen LogP) is 1.71. The molecule has 2 aromatic rings. The normalized spacial score (nSPS) is 16.3. The molecule has 1 amide bonds. The number of fused-ring (bicyclic) bond motifs is 1. The summed E-state index contributed by atoms with van der Waals surface area (Å²) in [6.45, 7) is 4.76. The zero-order chi connectivity index (χ0) is 18.6. The molecule has 1 saturated heterocycles. The van der Waals surface area contributed by atoms with E-state index in [-0.39, 0.29) is 0 Å². The van der Waals surface area contributed by atoms with E-state index in [2.05, 4.69) is 36.1 Å². The van der Waals surface area contributed by atoms with E-state index in [0.717, 1.165) is 50.0 Å². The molecule has 0 radical (unpaired) electrons. The third-order valence-electron chi connectivity index (χ3n) is 4.61. The number of rotatable bonds is 4. The van der Waals surface area contributed by atoms with Crippen molar-refractivity contribution in [1.29, 1.82) is 0 Å². The standard InChI is InChI=1S/C18H21N5O4/c1-25-18(24)19-16-4-5-17(21-20-16)23-8-6-22(7-9-23)11-13-2-3-14-15(10-13)27-12-26-14/h2-5,10H,6-9,11-12H2,1H3,(H,19,20,24). The zero-order valence-corrected chi connectivity index (χ0v) is 15.1. The number of carbonyl (C=O) groups is 1. The lowest BCUT2D eigenvalue weighted by Crippen LogP contribution is -2.46. The summed E-state index contributed by atoms with van der Waals surface area (Å²) in [5.74, 6) is 2.80. The average Bonchev–Trinajstić information content (AvgIpc) is 3.17. The molecule has 142 valence electrons. The van der Waals surface area contributed by atoms with Crippen LogP contribution in [0, 0.1) is 0 Å². The van der Waals surface area contributed by atoms with Crippen LogP contribution >= 0.6 is 0 Å². The summed E-state index contributed by atoms with van der Waals surface area (Å²) in [6, 6.07) is 9.67. The smallest absolute Gasteiger partial charge is 0.412 e. The number of benzene rings is 1. The maximum atomic E-state index is 11.2. The number of hydrogen-bond acceptors (Lipinski definition) is 8. The summed E-state index contributed by atoms with van der Waals surface area (Å²) in [4.78, 5) is 15.8. The van der Waals surface area contributed by atoms with Crippen molar-refractivity contribution in [3.05, 3.63) is 35.9 Å². The van der Waals surface area contributed by atoms with Gasteiger partial charge in [-0.3, -0.25) is 10.2 Å². The van der Waals surface area contributed by atoms with Crippen LogP contribution in [0.15, 0.2) is 30.3 Å². The molecule has 2 aliphatic heterocycles. The van der Waals surface area contributed by atoms with Gasteiger partial charge >= 0.3 is 6.09 Å². The van der Waals surface area contributed by atoms with E-state index in [0.29, 0.717) is 12.6 Å². The zero-order valence-electron chi connectivity index (χ0n) is 15.1. The van der Waals surface area contributed by atoms with Crippen LogP contribution in [0.1, 0.15) is 5.56 Å². The SMILES string of the molecule is COC(=O)Nc1ccc(N2CCN(Cc3ccc4c(c3)OCO4)CC2)nn1. The van der Waals surface area contributed by atoms with Gasteiger partial charge in [0, 0.05) is 32.7 Å². The van der Waals surface area contributed by atoms with E-state index < -0.39 is 6.09 Å². The lowest BCUT2D eigenvalue weighted by molar-refractivity contribution is 0.174. The Morgan fingerprint density at radius 3 is 2.67 bits per heavy atom. The number of anilines is 2. The van der Waals surface area contributed by atoms with E-state index in [1.54, 1.807) is 6.07 Å². The van der Waals surface area contributed by atoms with Gasteiger partial charge in [-0.2, -0.15) is 0 Å². The van der Waals surface area contributed by atoms with E-state index in [4.69, 9.17) is 9.47 Å². The number of methoxy groups -OCH3 is 1. The molecule has 4 rings (SSSR count). The number of ether oxygens (including phenoxy) is 3. The van der Waals surface area contributed by atoms with Crippen molar-refractivity contribution in [2.24, 2.45) is 0 Å². The third-order valence-corrected chi connectivity index (χ3v) is 4.61. The largest absolute Gasteiger partial charge is 0.454 e. The van der Waals surface area contributed by atoms with Gasteiger partial charge in [-0.1, -0.05) is 6.07 Å². The summed E-state index contributed by atoms with van der Waals surface area (Å²) in [7, 11) is 1.31. The van der Waals surface area contributed by atoms with Crippen molar-refractivity contribution < 1.29 is 19.0 Å². The minimum absolute atomic E-state index is 0.298. The molecule has 0 bridgehead atoms. The molecule has 9 heteroatoms. The molecule has 2 aliphatic rings. The molecule has 1 aromatic carbocycles. The summed E-state index contributed by atoms with van der Waals surface area (Å²) >= 11 is 0. The number of amides is 1. The minimum atomic E-state index is -0.561. The summed E-state index contributed by atoms with van der Waals surface area (Å²) < 4.78 is 15.3. The van der Waals surface area contributed by atoms with Gasteiger partial charge < -0.3 is 19.1 Å². The van der Waals surface area contributed by atoms with Crippen LogP contribution in [0.2, 0.25) is 0 Å². The van der Waals surface area contributed by atoms with Crippen LogP contribution in [0.3, 0.4) is 0 Å². The number of aromatic nitrogens is 2. The maximum absolute atomic E-state index is 11.2. The Kier molecular flexibility index (Phi) is 4.93. The van der Waals surface area contributed by atoms with Gasteiger partial charge in [0.1, 0.15) is 0 Å². The van der Waals surface area contributed by atoms with Gasteiger partial charge in [-0.05, 0) is 29.8 Å². The Bertz CT molecular complexity index is 806. The highest BCUT2D eigenvalue weighted by Gasteiger charge is 2.20. The molecule has 0 saturated carbocycles. The molecule has 0 spiro atoms. The van der Waals surface area contributed by atoms with Crippen LogP contribution in [0.4, 0.5) is 16.4 Å². The molecular formula is C18H21N5O4. The predicted molar refractivity (Wildman–Crippen MR) is 98.1 cm³/mol. The molecule has 1 fully saturated rings. The maximum Gasteiger partial charge on any atom is 0.412 e. The molecule has 0 aliphatic carbocycles. The first-order valence-electron chi connectivity index (χ1n) is 8.76. The van der Waals surface area contributed by atoms with E-state index >= 15 is 0 Å². The highest BCUT2D eigenvalue weighted by Crippen LogP contribution is 2.32. The molecule has 9 nitrogen and oxygen atoms in total. The molecular weight excluding hydrogens is 350 g/mol. The van der Waals surface area contributed by atoms with Crippen LogP contribution in [0.5, 0.6) is 11.5 Å². The molecule has 1 N–H and O–H groups in total. The van der Waals surface area contributed by atoms with E-state index in [1.807, 2.05) is 18.2 Å². The fourth-order valence-electron chi connectivity index (χ4n) is 3.15. The Balaban J connectivity index is 1.30. The number of nitrogens with one attached hydrogen (secondary N) is 1. The van der Waals surface area contributed by atoms with Crippen molar-refractivity contribution in [2.75, 3.05) is 50.3 Å². The van der Waals surface area contributed by atoms with Crippen molar-refractivity contribution in [3.8, 4) is 11.5 Å². The second kappa shape index (κ2) is 7.67. The van der Waals surface area contributed by atoms with Gasteiger partial charge in [0.25, 0.3) is 0 Å². The van der Waals surface area contributed by atoms with Crippen molar-refractivity contribution in [2.45, 2.75) is 6.54 Å². The number of carbonyl (C=O) groups excluding carboxylic acids is 1. The topological polar surface area (TPSA) is 89.1 Å². The lowest BCUT2D eigenvalue weighted by Gasteiger charge is -2.35. The van der Waals surface area contributed by atoms with Crippen LogP contribution in [-0.2, 0) is 11.3 Å². The fraction of sp³-hybridized carbons (Fsp3) is 0.389. The molecule has 0 unspecified atom stereocenters. The number of piperazine rings is 1. The minimum Gasteiger partial charge on any atom is -0.454 e. The van der Waals surface area contributed by atoms with Gasteiger partial charge in [0.05, 0.1) is 7.11 Å². The highest BCUT2D eigenvalue weighted by molar-refractivity contribution is 5.83. The van der Waals surface area contributed by atoms with Gasteiger partial charge in [0.15, 0.2) is 23.1 Å². The van der Waals surface area contributed by atoms with E-state index in [9.17, 15) is 4.79 Å². The van der Waals surface area contributed by atoms with Gasteiger partial charge in [-0.15, -0.1) is 10.2 Å². The summed E-state index contributed by atoms with van der Waals surface area (Å²) in [6.07, 6.45) is -0.561. The third kappa shape index (κ3) is 4.03. The van der Waals surface area contributed by atoms with Crippen molar-refractivity contribution in [3.63, 3.8) is 0 Å². The Morgan fingerprint density at radius 2 is 1.93 bits per heavy atom. The fourth-order valence-corrected chi connectivity index (χ4v) is 3.15. The second-order valence-electron chi connectivity index (χ2n) is 6.34. The first kappa shape index (κ1) is 17.3. The molecule has 0 atom stereocenters. The van der Waals surface area contributed by atoms with Crippen LogP contribution in [0.25, 0.3) is 0 Å². The van der Waals surface area contributed by atoms with Crippen LogP contribution in [-0.4, -0.2) is 61.3 Å². The highest BCUT2D eigenvalue weighted by atomic mass is 16.7. The Labute approximate surface area is 156 Å². The molecule has 3 heterocycles. The summed E-state index contributed by atoms with van der Waals surface area (Å²) in [5.41, 5.74) is 1.21. The molecule has 27 heavy (non-hydrogen) atoms. The van der Waals surface area contributed by atoms with Gasteiger partial charge in [0.2, 0.25) is 6.79 Å². The average molecular weight is 371 g/mol. The first-order chi connectivity index (χ1) is 13.2. The monoisotopic (exact) mass is 371 g/mol. The quantitative estimate of drug-likeness (QED) is 0.869. The number of nitrogens with zero attached hydrogens (tertiary/aromatic N) is 4. The van der Waals surface area contributed by atoms with E-state index in [1.165, 1.54) is 12.7 Å². The Morgan fingerprint density at radius 1 is 1.11 bits per heavy atom. The van der Waals surface area contributed by atoms with Crippen molar-refractivity contribution >= 4 is 17.7 Å². The molecule has 1 aromatic heterocycles.